The van der Waals surface area contributed by atoms with Crippen LogP contribution in [0.3, 0.4) is 0 Å². The lowest BCUT2D eigenvalue weighted by atomic mass is 10.1. The largest absolute Gasteiger partial charge is 0.315 e. The highest BCUT2D eigenvalue weighted by molar-refractivity contribution is 5.17. The fourth-order valence-electron chi connectivity index (χ4n) is 2.37. The van der Waals surface area contributed by atoms with Crippen molar-refractivity contribution in [2.75, 3.05) is 32.7 Å². The summed E-state index contributed by atoms with van der Waals surface area (Å²) >= 11 is 0. The first-order chi connectivity index (χ1) is 8.25. The maximum absolute atomic E-state index is 13.5. The van der Waals surface area contributed by atoms with Crippen molar-refractivity contribution < 1.29 is 4.39 Å². The summed E-state index contributed by atoms with van der Waals surface area (Å²) in [4.78, 5) is 2.43. The van der Waals surface area contributed by atoms with Gasteiger partial charge in [-0.1, -0.05) is 25.1 Å². The Kier molecular flexibility index (Phi) is 4.51. The standard InChI is InChI=1S/C14H21FN2/c1-12-10-16-7-9-17(11-12)8-6-13-4-2-3-5-14(13)15/h2-5,12,16H,6-11H2,1H3. The predicted octanol–water partition coefficient (Wildman–Crippen LogP) is 1.91. The molecule has 1 N–H and O–H groups in total. The Bertz CT molecular complexity index is 354. The molecule has 0 aromatic heterocycles. The number of hydrogen-bond donors (Lipinski definition) is 1. The predicted molar refractivity (Wildman–Crippen MR) is 68.6 cm³/mol. The summed E-state index contributed by atoms with van der Waals surface area (Å²) in [6.07, 6.45) is 0.805. The Labute approximate surface area is 103 Å². The van der Waals surface area contributed by atoms with E-state index in [4.69, 9.17) is 0 Å². The van der Waals surface area contributed by atoms with E-state index in [-0.39, 0.29) is 5.82 Å². The number of rotatable bonds is 3. The molecule has 0 aliphatic carbocycles. The van der Waals surface area contributed by atoms with Gasteiger partial charge in [0.25, 0.3) is 0 Å². The van der Waals surface area contributed by atoms with Gasteiger partial charge in [0.05, 0.1) is 0 Å². The van der Waals surface area contributed by atoms with Crippen LogP contribution in [0.1, 0.15) is 12.5 Å². The molecule has 0 saturated carbocycles. The summed E-state index contributed by atoms with van der Waals surface area (Å²) in [5.74, 6) is 0.603. The van der Waals surface area contributed by atoms with E-state index in [0.717, 1.165) is 44.7 Å². The maximum atomic E-state index is 13.5. The van der Waals surface area contributed by atoms with Gasteiger partial charge in [0, 0.05) is 26.2 Å². The lowest BCUT2D eigenvalue weighted by molar-refractivity contribution is 0.267. The average Bonchev–Trinajstić information content (AvgIpc) is 2.53. The van der Waals surface area contributed by atoms with E-state index in [2.05, 4.69) is 17.1 Å². The molecule has 1 fully saturated rings. The van der Waals surface area contributed by atoms with Crippen molar-refractivity contribution in [3.63, 3.8) is 0 Å². The van der Waals surface area contributed by atoms with Crippen LogP contribution in [-0.2, 0) is 6.42 Å². The van der Waals surface area contributed by atoms with Crippen molar-refractivity contribution in [1.29, 1.82) is 0 Å². The fourth-order valence-corrected chi connectivity index (χ4v) is 2.37. The molecule has 0 radical (unpaired) electrons. The Morgan fingerprint density at radius 3 is 3.06 bits per heavy atom. The lowest BCUT2D eigenvalue weighted by Crippen LogP contribution is -2.31. The molecule has 1 aromatic carbocycles. The molecule has 1 aliphatic rings. The van der Waals surface area contributed by atoms with Crippen LogP contribution in [0.2, 0.25) is 0 Å². The number of hydrogen-bond acceptors (Lipinski definition) is 2. The van der Waals surface area contributed by atoms with Gasteiger partial charge in [0.2, 0.25) is 0 Å². The fraction of sp³-hybridized carbons (Fsp3) is 0.571. The van der Waals surface area contributed by atoms with Crippen LogP contribution in [0.25, 0.3) is 0 Å². The third-order valence-electron chi connectivity index (χ3n) is 3.32. The second-order valence-electron chi connectivity index (χ2n) is 4.95. The maximum Gasteiger partial charge on any atom is 0.126 e. The van der Waals surface area contributed by atoms with Gasteiger partial charge in [0.15, 0.2) is 0 Å². The van der Waals surface area contributed by atoms with Gasteiger partial charge in [-0.3, -0.25) is 0 Å². The van der Waals surface area contributed by atoms with Crippen LogP contribution in [0.4, 0.5) is 4.39 Å². The first-order valence-electron chi connectivity index (χ1n) is 6.42. The van der Waals surface area contributed by atoms with Gasteiger partial charge in [-0.05, 0) is 30.5 Å². The summed E-state index contributed by atoms with van der Waals surface area (Å²) in [5.41, 5.74) is 0.831. The zero-order chi connectivity index (χ0) is 12.1. The molecule has 17 heavy (non-hydrogen) atoms. The van der Waals surface area contributed by atoms with Crippen molar-refractivity contribution in [3.8, 4) is 0 Å². The molecule has 1 atom stereocenters. The minimum absolute atomic E-state index is 0.0755. The van der Waals surface area contributed by atoms with Crippen molar-refractivity contribution in [2.24, 2.45) is 5.92 Å². The molecule has 1 aromatic rings. The second-order valence-corrected chi connectivity index (χ2v) is 4.95. The number of halogens is 1. The van der Waals surface area contributed by atoms with E-state index >= 15 is 0 Å². The van der Waals surface area contributed by atoms with Gasteiger partial charge in [0.1, 0.15) is 5.82 Å². The smallest absolute Gasteiger partial charge is 0.126 e. The highest BCUT2D eigenvalue weighted by atomic mass is 19.1. The van der Waals surface area contributed by atoms with Crippen LogP contribution in [0.15, 0.2) is 24.3 Å². The van der Waals surface area contributed by atoms with E-state index in [1.165, 1.54) is 0 Å². The Morgan fingerprint density at radius 1 is 1.41 bits per heavy atom. The molecule has 0 spiro atoms. The SMILES string of the molecule is CC1CNCCN(CCc2ccccc2F)C1. The zero-order valence-corrected chi connectivity index (χ0v) is 10.5. The van der Waals surface area contributed by atoms with Crippen molar-refractivity contribution in [2.45, 2.75) is 13.3 Å². The molecule has 2 nitrogen and oxygen atoms in total. The number of nitrogens with zero attached hydrogens (tertiary/aromatic N) is 1. The van der Waals surface area contributed by atoms with Gasteiger partial charge >= 0.3 is 0 Å². The van der Waals surface area contributed by atoms with Crippen LogP contribution < -0.4 is 5.32 Å². The molecule has 1 aliphatic heterocycles. The summed E-state index contributed by atoms with van der Waals surface area (Å²) in [6.45, 7) is 7.53. The lowest BCUT2D eigenvalue weighted by Gasteiger charge is -2.21. The average molecular weight is 236 g/mol. The monoisotopic (exact) mass is 236 g/mol. The molecule has 2 rings (SSSR count). The molecule has 1 heterocycles. The molecule has 3 heteroatoms. The third-order valence-corrected chi connectivity index (χ3v) is 3.32. The van der Waals surface area contributed by atoms with Crippen molar-refractivity contribution in [3.05, 3.63) is 35.6 Å². The molecule has 94 valence electrons. The Morgan fingerprint density at radius 2 is 2.24 bits per heavy atom. The molecule has 1 saturated heterocycles. The van der Waals surface area contributed by atoms with Crippen molar-refractivity contribution >= 4 is 0 Å². The van der Waals surface area contributed by atoms with Gasteiger partial charge in [-0.25, -0.2) is 4.39 Å². The van der Waals surface area contributed by atoms with E-state index in [1.807, 2.05) is 12.1 Å². The zero-order valence-electron chi connectivity index (χ0n) is 10.5. The Balaban J connectivity index is 1.87. The molecule has 0 amide bonds. The minimum Gasteiger partial charge on any atom is -0.315 e. The Hall–Kier alpha value is -0.930. The van der Waals surface area contributed by atoms with Gasteiger partial charge in [-0.15, -0.1) is 0 Å². The second kappa shape index (κ2) is 6.12. The van der Waals surface area contributed by atoms with Crippen LogP contribution in [0.5, 0.6) is 0 Å². The molecular formula is C14H21FN2. The summed E-state index contributed by atoms with van der Waals surface area (Å²) in [7, 11) is 0. The molecule has 1 unspecified atom stereocenters. The normalized spacial score (nSPS) is 22.4. The topological polar surface area (TPSA) is 15.3 Å². The highest BCUT2D eigenvalue weighted by Crippen LogP contribution is 2.09. The van der Waals surface area contributed by atoms with E-state index < -0.39 is 0 Å². The number of benzene rings is 1. The van der Waals surface area contributed by atoms with E-state index in [0.29, 0.717) is 5.92 Å². The van der Waals surface area contributed by atoms with E-state index in [9.17, 15) is 4.39 Å². The van der Waals surface area contributed by atoms with E-state index in [1.54, 1.807) is 12.1 Å². The van der Waals surface area contributed by atoms with Gasteiger partial charge in [-0.2, -0.15) is 0 Å². The van der Waals surface area contributed by atoms with Gasteiger partial charge < -0.3 is 10.2 Å². The highest BCUT2D eigenvalue weighted by Gasteiger charge is 2.14. The van der Waals surface area contributed by atoms with Crippen LogP contribution >= 0.6 is 0 Å². The summed E-state index contributed by atoms with van der Waals surface area (Å²) < 4.78 is 13.5. The first kappa shape index (κ1) is 12.5. The quantitative estimate of drug-likeness (QED) is 0.862. The first-order valence-corrected chi connectivity index (χ1v) is 6.42. The molecular weight excluding hydrogens is 215 g/mol. The number of nitrogens with one attached hydrogen (secondary N) is 1. The minimum atomic E-state index is -0.0755. The molecule has 0 bridgehead atoms. The van der Waals surface area contributed by atoms with Crippen LogP contribution in [0, 0.1) is 11.7 Å². The third kappa shape index (κ3) is 3.79. The van der Waals surface area contributed by atoms with Crippen molar-refractivity contribution in [1.82, 2.24) is 10.2 Å². The summed E-state index contributed by atoms with van der Waals surface area (Å²) in [6, 6.07) is 7.08. The van der Waals surface area contributed by atoms with Crippen LogP contribution in [-0.4, -0.2) is 37.6 Å². The summed E-state index contributed by atoms with van der Waals surface area (Å²) in [5, 5.41) is 3.42.